The fourth-order valence-corrected chi connectivity index (χ4v) is 3.87. The van der Waals surface area contributed by atoms with E-state index in [0.29, 0.717) is 11.5 Å². The first kappa shape index (κ1) is 17.2. The molecule has 0 atom stereocenters. The van der Waals surface area contributed by atoms with Crippen LogP contribution < -0.4 is 5.32 Å². The zero-order chi connectivity index (χ0) is 15.3. The fourth-order valence-electron chi connectivity index (χ4n) is 3.87. The van der Waals surface area contributed by atoms with Crippen molar-refractivity contribution in [3.8, 4) is 0 Å². The van der Waals surface area contributed by atoms with Crippen LogP contribution in [0.3, 0.4) is 0 Å². The summed E-state index contributed by atoms with van der Waals surface area (Å²) in [4.78, 5) is 2.73. The van der Waals surface area contributed by atoms with Crippen molar-refractivity contribution in [2.75, 3.05) is 39.4 Å². The molecule has 0 amide bonds. The minimum Gasteiger partial charge on any atom is -0.381 e. The minimum atomic E-state index is 0.438. The summed E-state index contributed by atoms with van der Waals surface area (Å²) >= 11 is 0. The summed E-state index contributed by atoms with van der Waals surface area (Å²) in [6.07, 6.45) is 5.22. The molecule has 2 aliphatic rings. The Balaban J connectivity index is 1.87. The van der Waals surface area contributed by atoms with E-state index in [1.54, 1.807) is 0 Å². The van der Waals surface area contributed by atoms with E-state index in [1.165, 1.54) is 45.3 Å². The van der Waals surface area contributed by atoms with Crippen molar-refractivity contribution in [3.05, 3.63) is 0 Å². The van der Waals surface area contributed by atoms with Crippen LogP contribution in [0.4, 0.5) is 0 Å². The Morgan fingerprint density at radius 2 is 1.71 bits per heavy atom. The van der Waals surface area contributed by atoms with Crippen LogP contribution in [-0.2, 0) is 4.74 Å². The maximum atomic E-state index is 5.62. The molecule has 21 heavy (non-hydrogen) atoms. The van der Waals surface area contributed by atoms with Crippen LogP contribution in [0.15, 0.2) is 0 Å². The second-order valence-electron chi connectivity index (χ2n) is 8.01. The molecule has 2 rings (SSSR count). The average Bonchev–Trinajstić information content (AvgIpc) is 2.47. The molecule has 1 N–H and O–H groups in total. The molecule has 3 heteroatoms. The van der Waals surface area contributed by atoms with Crippen LogP contribution in [0.5, 0.6) is 0 Å². The van der Waals surface area contributed by atoms with Gasteiger partial charge in [0.1, 0.15) is 0 Å². The predicted octanol–water partition coefficient (Wildman–Crippen LogP) is 3.15. The summed E-state index contributed by atoms with van der Waals surface area (Å²) in [6, 6.07) is 0.580. The third kappa shape index (κ3) is 5.22. The molecule has 0 unspecified atom stereocenters. The van der Waals surface area contributed by atoms with Crippen LogP contribution in [0.1, 0.15) is 53.4 Å². The maximum absolute atomic E-state index is 5.62. The van der Waals surface area contributed by atoms with Crippen LogP contribution in [0.25, 0.3) is 0 Å². The van der Waals surface area contributed by atoms with Crippen LogP contribution in [0, 0.1) is 17.3 Å². The van der Waals surface area contributed by atoms with Gasteiger partial charge in [-0.15, -0.1) is 0 Å². The number of nitrogens with zero attached hydrogens (tertiary/aromatic N) is 1. The van der Waals surface area contributed by atoms with Crippen molar-refractivity contribution in [2.45, 2.75) is 59.4 Å². The molecule has 124 valence electrons. The molecular formula is C18H36N2O. The first-order valence-corrected chi connectivity index (χ1v) is 9.04. The van der Waals surface area contributed by atoms with E-state index in [4.69, 9.17) is 4.74 Å². The molecule has 0 aromatic heterocycles. The standard InChI is InChI=1S/C18H36N2O/c1-15(2)17-5-9-20(10-6-17)14-18(13-19-16(3)4)7-11-21-12-8-18/h15-17,19H,5-14H2,1-4H3. The van der Waals surface area contributed by atoms with Gasteiger partial charge in [0.25, 0.3) is 0 Å². The smallest absolute Gasteiger partial charge is 0.0472 e. The van der Waals surface area contributed by atoms with Crippen molar-refractivity contribution >= 4 is 0 Å². The van der Waals surface area contributed by atoms with Gasteiger partial charge in [-0.25, -0.2) is 0 Å². The van der Waals surface area contributed by atoms with Gasteiger partial charge in [0, 0.05) is 32.3 Å². The molecular weight excluding hydrogens is 260 g/mol. The number of rotatable bonds is 6. The van der Waals surface area contributed by atoms with E-state index in [9.17, 15) is 0 Å². The van der Waals surface area contributed by atoms with E-state index in [2.05, 4.69) is 37.9 Å². The number of ether oxygens (including phenoxy) is 1. The molecule has 2 aliphatic heterocycles. The molecule has 2 saturated heterocycles. The van der Waals surface area contributed by atoms with Crippen molar-refractivity contribution in [2.24, 2.45) is 17.3 Å². The van der Waals surface area contributed by atoms with Gasteiger partial charge < -0.3 is 15.0 Å². The lowest BCUT2D eigenvalue weighted by Gasteiger charge is -2.44. The SMILES string of the molecule is CC(C)NCC1(CN2CCC(C(C)C)CC2)CCOCC1. The summed E-state index contributed by atoms with van der Waals surface area (Å²) in [5, 5.41) is 3.69. The van der Waals surface area contributed by atoms with E-state index >= 15 is 0 Å². The second-order valence-corrected chi connectivity index (χ2v) is 8.01. The number of hydrogen-bond donors (Lipinski definition) is 1. The van der Waals surface area contributed by atoms with Gasteiger partial charge in [-0.3, -0.25) is 0 Å². The molecule has 3 nitrogen and oxygen atoms in total. The van der Waals surface area contributed by atoms with Crippen molar-refractivity contribution in [1.82, 2.24) is 10.2 Å². The summed E-state index contributed by atoms with van der Waals surface area (Å²) in [5.41, 5.74) is 0.438. The van der Waals surface area contributed by atoms with E-state index in [1.807, 2.05) is 0 Å². The van der Waals surface area contributed by atoms with E-state index in [0.717, 1.165) is 31.6 Å². The summed E-state index contributed by atoms with van der Waals surface area (Å²) in [6.45, 7) is 16.2. The van der Waals surface area contributed by atoms with Gasteiger partial charge in [-0.1, -0.05) is 27.7 Å². The monoisotopic (exact) mass is 296 g/mol. The zero-order valence-electron chi connectivity index (χ0n) is 14.7. The molecule has 0 aromatic rings. The Hall–Kier alpha value is -0.120. The highest BCUT2D eigenvalue weighted by Crippen LogP contribution is 2.33. The lowest BCUT2D eigenvalue weighted by atomic mass is 9.78. The molecule has 0 bridgehead atoms. The third-order valence-electron chi connectivity index (χ3n) is 5.57. The third-order valence-corrected chi connectivity index (χ3v) is 5.57. The predicted molar refractivity (Wildman–Crippen MR) is 89.6 cm³/mol. The molecule has 0 aromatic carbocycles. The normalized spacial score (nSPS) is 24.9. The molecule has 2 fully saturated rings. The van der Waals surface area contributed by atoms with Crippen LogP contribution >= 0.6 is 0 Å². The van der Waals surface area contributed by atoms with Crippen molar-refractivity contribution in [3.63, 3.8) is 0 Å². The molecule has 0 saturated carbocycles. The van der Waals surface area contributed by atoms with E-state index in [-0.39, 0.29) is 0 Å². The summed E-state index contributed by atoms with van der Waals surface area (Å²) in [7, 11) is 0. The van der Waals surface area contributed by atoms with Gasteiger partial charge in [0.2, 0.25) is 0 Å². The zero-order valence-corrected chi connectivity index (χ0v) is 14.7. The van der Waals surface area contributed by atoms with Crippen LogP contribution in [-0.4, -0.2) is 50.3 Å². The quantitative estimate of drug-likeness (QED) is 0.815. The van der Waals surface area contributed by atoms with Gasteiger partial charge in [-0.05, 0) is 56.0 Å². The Morgan fingerprint density at radius 1 is 1.10 bits per heavy atom. The first-order chi connectivity index (χ1) is 10.0. The number of hydrogen-bond acceptors (Lipinski definition) is 3. The van der Waals surface area contributed by atoms with E-state index < -0.39 is 0 Å². The Labute approximate surface area is 131 Å². The summed E-state index contributed by atoms with van der Waals surface area (Å²) < 4.78 is 5.62. The largest absolute Gasteiger partial charge is 0.381 e. The van der Waals surface area contributed by atoms with Gasteiger partial charge >= 0.3 is 0 Å². The summed E-state index contributed by atoms with van der Waals surface area (Å²) in [5.74, 6) is 1.80. The second kappa shape index (κ2) is 7.94. The number of likely N-dealkylation sites (tertiary alicyclic amines) is 1. The minimum absolute atomic E-state index is 0.438. The Kier molecular flexibility index (Phi) is 6.51. The fraction of sp³-hybridized carbons (Fsp3) is 1.00. The molecule has 0 spiro atoms. The highest BCUT2D eigenvalue weighted by atomic mass is 16.5. The number of piperidine rings is 1. The Bertz CT molecular complexity index is 290. The molecule has 0 aliphatic carbocycles. The number of nitrogens with one attached hydrogen (secondary N) is 1. The van der Waals surface area contributed by atoms with Crippen molar-refractivity contribution in [1.29, 1.82) is 0 Å². The first-order valence-electron chi connectivity index (χ1n) is 9.04. The molecule has 0 radical (unpaired) electrons. The Morgan fingerprint density at radius 3 is 2.24 bits per heavy atom. The van der Waals surface area contributed by atoms with Gasteiger partial charge in [0.05, 0.1) is 0 Å². The van der Waals surface area contributed by atoms with Crippen molar-refractivity contribution < 1.29 is 4.74 Å². The molecule has 2 heterocycles. The lowest BCUT2D eigenvalue weighted by Crippen LogP contribution is -2.50. The van der Waals surface area contributed by atoms with Gasteiger partial charge in [-0.2, -0.15) is 0 Å². The van der Waals surface area contributed by atoms with Crippen LogP contribution in [0.2, 0.25) is 0 Å². The highest BCUT2D eigenvalue weighted by molar-refractivity contribution is 4.89. The van der Waals surface area contributed by atoms with Gasteiger partial charge in [0.15, 0.2) is 0 Å². The maximum Gasteiger partial charge on any atom is 0.0472 e. The highest BCUT2D eigenvalue weighted by Gasteiger charge is 2.35. The topological polar surface area (TPSA) is 24.5 Å². The average molecular weight is 296 g/mol. The lowest BCUT2D eigenvalue weighted by molar-refractivity contribution is -0.0117.